The van der Waals surface area contributed by atoms with E-state index in [0.717, 1.165) is 25.7 Å². The minimum absolute atomic E-state index is 0.106. The number of hydrogen-bond donors (Lipinski definition) is 2. The molecule has 0 aromatic rings. The second-order valence-electron chi connectivity index (χ2n) is 7.01. The van der Waals surface area contributed by atoms with Gasteiger partial charge >= 0.3 is 0 Å². The maximum atomic E-state index is 10.4. The van der Waals surface area contributed by atoms with Gasteiger partial charge < -0.3 is 10.2 Å². The highest BCUT2D eigenvalue weighted by Gasteiger charge is 2.32. The van der Waals surface area contributed by atoms with Crippen LogP contribution in [0.25, 0.3) is 0 Å². The van der Waals surface area contributed by atoms with Crippen LogP contribution in [0, 0.1) is 11.8 Å². The van der Waals surface area contributed by atoms with Crippen molar-refractivity contribution in [2.45, 2.75) is 46.8 Å². The Morgan fingerprint density at radius 1 is 0.769 bits per heavy atom. The van der Waals surface area contributed by atoms with Crippen molar-refractivity contribution in [3.8, 4) is 0 Å². The highest BCUT2D eigenvalue weighted by atomic mass is 79.9. The van der Waals surface area contributed by atoms with Crippen LogP contribution in [0.2, 0.25) is 0 Å². The Morgan fingerprint density at radius 3 is 1.58 bits per heavy atom. The minimum atomic E-state index is -1.08. The van der Waals surface area contributed by atoms with Crippen LogP contribution in [-0.2, 0) is 0 Å². The molecule has 3 aliphatic rings. The van der Waals surface area contributed by atoms with Crippen LogP contribution < -0.4 is 0 Å². The Hall–Kier alpha value is -0.820. The topological polar surface area (TPSA) is 65.2 Å². The van der Waals surface area contributed by atoms with E-state index in [1.54, 1.807) is 12.2 Å². The Labute approximate surface area is 171 Å². The Kier molecular flexibility index (Phi) is 6.49. The summed E-state index contributed by atoms with van der Waals surface area (Å²) in [6.07, 6.45) is 22.7. The molecule has 0 aromatic carbocycles. The molecule has 4 nitrogen and oxygen atoms in total. The van der Waals surface area contributed by atoms with Crippen LogP contribution in [0.15, 0.2) is 58.6 Å². The quantitative estimate of drug-likeness (QED) is 0.467. The number of allylic oxidation sites excluding steroid dienone is 4. The molecule has 0 amide bonds. The minimum Gasteiger partial charge on any atom is -0.374 e. The summed E-state index contributed by atoms with van der Waals surface area (Å²) in [6, 6.07) is 0.211. The van der Waals surface area contributed by atoms with Gasteiger partial charge in [-0.3, -0.25) is 9.98 Å². The summed E-state index contributed by atoms with van der Waals surface area (Å²) in [7, 11) is 0. The number of hydrogen-bond acceptors (Lipinski definition) is 4. The van der Waals surface area contributed by atoms with Crippen LogP contribution in [-0.4, -0.2) is 43.7 Å². The fraction of sp³-hybridized carbons (Fsp3) is 0.500. The van der Waals surface area contributed by atoms with Crippen LogP contribution in [0.1, 0.15) is 25.7 Å². The van der Waals surface area contributed by atoms with Crippen molar-refractivity contribution in [2.24, 2.45) is 21.8 Å². The molecule has 0 heterocycles. The number of aliphatic hydroxyl groups is 2. The zero-order valence-corrected chi connectivity index (χ0v) is 17.6. The van der Waals surface area contributed by atoms with Gasteiger partial charge in [0.05, 0.1) is 23.9 Å². The van der Waals surface area contributed by atoms with Crippen molar-refractivity contribution in [1.29, 1.82) is 0 Å². The van der Waals surface area contributed by atoms with Gasteiger partial charge in [0, 0.05) is 12.4 Å². The summed E-state index contributed by atoms with van der Waals surface area (Å²) in [5.41, 5.74) is 0. The van der Waals surface area contributed by atoms with Crippen molar-refractivity contribution < 1.29 is 10.2 Å². The first-order valence-corrected chi connectivity index (χ1v) is 10.6. The van der Waals surface area contributed by atoms with Crippen molar-refractivity contribution in [2.75, 3.05) is 0 Å². The molecule has 1 saturated carbocycles. The first-order chi connectivity index (χ1) is 12.4. The lowest BCUT2D eigenvalue weighted by Crippen LogP contribution is -2.33. The van der Waals surface area contributed by atoms with Crippen LogP contribution >= 0.6 is 31.9 Å². The van der Waals surface area contributed by atoms with E-state index in [1.807, 2.05) is 48.9 Å². The van der Waals surface area contributed by atoms with Crippen LogP contribution in [0.3, 0.4) is 0 Å². The van der Waals surface area contributed by atoms with E-state index in [0.29, 0.717) is 0 Å². The molecule has 1 fully saturated rings. The van der Waals surface area contributed by atoms with E-state index in [9.17, 15) is 10.2 Å². The highest BCUT2D eigenvalue weighted by Crippen LogP contribution is 2.32. The maximum Gasteiger partial charge on any atom is 0.149 e. The smallest absolute Gasteiger partial charge is 0.149 e. The lowest BCUT2D eigenvalue weighted by atomic mass is 9.90. The largest absolute Gasteiger partial charge is 0.374 e. The van der Waals surface area contributed by atoms with Gasteiger partial charge in [-0.05, 0) is 56.9 Å². The van der Waals surface area contributed by atoms with Crippen LogP contribution in [0.4, 0.5) is 0 Å². The molecule has 3 rings (SSSR count). The predicted octanol–water partition coefficient (Wildman–Crippen LogP) is 4.09. The Morgan fingerprint density at radius 2 is 1.19 bits per heavy atom. The Balaban J connectivity index is 1.68. The van der Waals surface area contributed by atoms with Gasteiger partial charge in [-0.1, -0.05) is 49.3 Å². The summed E-state index contributed by atoms with van der Waals surface area (Å²) >= 11 is 6.69. The number of rotatable bonds is 4. The molecule has 0 aromatic heterocycles. The lowest BCUT2D eigenvalue weighted by Gasteiger charge is -2.29. The molecule has 4 unspecified atom stereocenters. The molecule has 3 aliphatic carbocycles. The molecular weight excluding hydrogens is 460 g/mol. The first kappa shape index (κ1) is 19.9. The molecule has 2 N–H and O–H groups in total. The van der Waals surface area contributed by atoms with Gasteiger partial charge in [-0.15, -0.1) is 0 Å². The Bertz CT molecular complexity index is 619. The summed E-state index contributed by atoms with van der Waals surface area (Å²) in [4.78, 5) is 9.53. The summed E-state index contributed by atoms with van der Waals surface area (Å²) in [5.74, 6) is -0.392. The van der Waals surface area contributed by atoms with Gasteiger partial charge in [0.25, 0.3) is 0 Å². The molecule has 0 bridgehead atoms. The first-order valence-electron chi connectivity index (χ1n) is 9.00. The summed E-state index contributed by atoms with van der Waals surface area (Å²) < 4.78 is -2.16. The zero-order valence-electron chi connectivity index (χ0n) is 14.5. The molecule has 0 radical (unpaired) electrons. The second-order valence-corrected chi connectivity index (χ2v) is 9.55. The molecule has 0 saturated heterocycles. The van der Waals surface area contributed by atoms with Gasteiger partial charge in [0.15, 0.2) is 0 Å². The van der Waals surface area contributed by atoms with Crippen molar-refractivity contribution in [3.63, 3.8) is 0 Å². The van der Waals surface area contributed by atoms with E-state index in [2.05, 4.69) is 31.9 Å². The van der Waals surface area contributed by atoms with Crippen molar-refractivity contribution in [1.82, 2.24) is 0 Å². The lowest BCUT2D eigenvalue weighted by molar-refractivity contribution is 0.175. The van der Waals surface area contributed by atoms with E-state index in [4.69, 9.17) is 9.98 Å². The average Bonchev–Trinajstić information content (AvgIpc) is 2.60. The molecule has 0 aliphatic heterocycles. The van der Waals surface area contributed by atoms with Crippen LogP contribution in [0.5, 0.6) is 0 Å². The van der Waals surface area contributed by atoms with E-state index >= 15 is 0 Å². The SMILES string of the molecule is OC1(Br)C=CC=CC1C=N[C@@H]1CCCC[C@H]1N=CC1C=CC=CC1(O)Br. The zero-order chi connectivity index (χ0) is 18.6. The average molecular weight is 484 g/mol. The normalized spacial score (nSPS) is 42.9. The van der Waals surface area contributed by atoms with Crippen molar-refractivity contribution >= 4 is 44.3 Å². The molecule has 140 valence electrons. The van der Waals surface area contributed by atoms with E-state index in [-0.39, 0.29) is 23.9 Å². The number of nitrogens with zero attached hydrogens (tertiary/aromatic N) is 2. The fourth-order valence-electron chi connectivity index (χ4n) is 3.40. The molecule has 26 heavy (non-hydrogen) atoms. The standard InChI is InChI=1S/C20H24Br2N2O2/c21-19(25)11-5-3-7-15(19)13-23-17-9-1-2-10-18(17)24-14-16-8-4-6-12-20(16,22)26/h3-8,11-18,25-26H,1-2,9-10H2/t15?,16?,17-,18-,19?,20?/m1/s1. The van der Waals surface area contributed by atoms with Gasteiger partial charge in [0.1, 0.15) is 9.02 Å². The molecule has 6 atom stereocenters. The van der Waals surface area contributed by atoms with Gasteiger partial charge in [-0.25, -0.2) is 0 Å². The predicted molar refractivity (Wildman–Crippen MR) is 114 cm³/mol. The monoisotopic (exact) mass is 482 g/mol. The third kappa shape index (κ3) is 4.91. The van der Waals surface area contributed by atoms with Crippen molar-refractivity contribution in [3.05, 3.63) is 48.6 Å². The third-order valence-electron chi connectivity index (χ3n) is 5.02. The van der Waals surface area contributed by atoms with Gasteiger partial charge in [0.2, 0.25) is 0 Å². The molecular formula is C20H24Br2N2O2. The molecule has 6 heteroatoms. The van der Waals surface area contributed by atoms with E-state index in [1.165, 1.54) is 0 Å². The summed E-state index contributed by atoms with van der Waals surface area (Å²) in [6.45, 7) is 0. The summed E-state index contributed by atoms with van der Waals surface area (Å²) in [5, 5.41) is 20.7. The number of aliphatic imine (C=N–C) groups is 2. The van der Waals surface area contributed by atoms with E-state index < -0.39 is 9.02 Å². The highest BCUT2D eigenvalue weighted by molar-refractivity contribution is 9.10. The maximum absolute atomic E-state index is 10.4. The number of halogens is 2. The number of alkyl halides is 2. The third-order valence-corrected chi connectivity index (χ3v) is 6.61. The van der Waals surface area contributed by atoms with Gasteiger partial charge in [-0.2, -0.15) is 0 Å². The molecule has 0 spiro atoms. The second kappa shape index (κ2) is 8.46. The fourth-order valence-corrected chi connectivity index (χ4v) is 4.24.